The molecule has 0 saturated heterocycles. The summed E-state index contributed by atoms with van der Waals surface area (Å²) >= 11 is 0. The molecule has 1 aromatic rings. The van der Waals surface area contributed by atoms with E-state index in [0.717, 1.165) is 24.0 Å². The van der Waals surface area contributed by atoms with Gasteiger partial charge in [0.1, 0.15) is 11.9 Å². The maximum absolute atomic E-state index is 13.0. The van der Waals surface area contributed by atoms with E-state index in [2.05, 4.69) is 0 Å². The van der Waals surface area contributed by atoms with Gasteiger partial charge in [0.2, 0.25) is 0 Å². The second kappa shape index (κ2) is 7.27. The Balaban J connectivity index is 2.72. The number of aryl methyl sites for hydroxylation is 1. The average molecular weight is 252 g/mol. The van der Waals surface area contributed by atoms with Crippen LogP contribution in [0.3, 0.4) is 0 Å². The fraction of sp³-hybridized carbons (Fsp3) is 0.533. The van der Waals surface area contributed by atoms with Gasteiger partial charge in [-0.05, 0) is 43.5 Å². The van der Waals surface area contributed by atoms with E-state index in [4.69, 9.17) is 4.74 Å². The maximum atomic E-state index is 13.0. The van der Waals surface area contributed by atoms with Gasteiger partial charge in [-0.1, -0.05) is 19.4 Å². The van der Waals surface area contributed by atoms with Crippen molar-refractivity contribution in [3.8, 4) is 0 Å². The summed E-state index contributed by atoms with van der Waals surface area (Å²) in [5.74, 6) is -0.188. The van der Waals surface area contributed by atoms with Crippen LogP contribution >= 0.6 is 0 Å². The van der Waals surface area contributed by atoms with Crippen molar-refractivity contribution in [2.24, 2.45) is 0 Å². The molecule has 0 fully saturated rings. The first kappa shape index (κ1) is 14.8. The lowest BCUT2D eigenvalue weighted by Gasteiger charge is -2.15. The molecule has 0 aliphatic carbocycles. The van der Waals surface area contributed by atoms with E-state index < -0.39 is 0 Å². The fourth-order valence-electron chi connectivity index (χ4n) is 1.96. The first-order valence-electron chi connectivity index (χ1n) is 6.47. The number of halogens is 1. The molecular weight excluding hydrogens is 231 g/mol. The third kappa shape index (κ3) is 4.22. The molecule has 0 amide bonds. The van der Waals surface area contributed by atoms with Gasteiger partial charge < -0.3 is 4.74 Å². The Morgan fingerprint density at radius 2 is 2.11 bits per heavy atom. The van der Waals surface area contributed by atoms with Gasteiger partial charge in [-0.3, -0.25) is 4.79 Å². The molecule has 1 unspecified atom stereocenters. The maximum Gasteiger partial charge on any atom is 0.165 e. The summed E-state index contributed by atoms with van der Waals surface area (Å²) in [5.41, 5.74) is 1.69. The fourth-order valence-corrected chi connectivity index (χ4v) is 1.96. The largest absolute Gasteiger partial charge is 0.371 e. The molecule has 18 heavy (non-hydrogen) atoms. The summed E-state index contributed by atoms with van der Waals surface area (Å²) in [7, 11) is 0. The number of benzene rings is 1. The quantitative estimate of drug-likeness (QED) is 0.743. The molecule has 100 valence electrons. The molecule has 1 rings (SSSR count). The zero-order chi connectivity index (χ0) is 13.5. The van der Waals surface area contributed by atoms with Crippen LogP contribution < -0.4 is 0 Å². The monoisotopic (exact) mass is 252 g/mol. The summed E-state index contributed by atoms with van der Waals surface area (Å²) in [4.78, 5) is 12.1. The molecule has 1 atom stereocenters. The van der Waals surface area contributed by atoms with Crippen molar-refractivity contribution in [1.82, 2.24) is 0 Å². The van der Waals surface area contributed by atoms with Crippen LogP contribution in [-0.4, -0.2) is 18.5 Å². The van der Waals surface area contributed by atoms with Gasteiger partial charge in [-0.15, -0.1) is 0 Å². The molecule has 0 heterocycles. The molecule has 2 nitrogen and oxygen atoms in total. The minimum Gasteiger partial charge on any atom is -0.371 e. The molecule has 0 bridgehead atoms. The van der Waals surface area contributed by atoms with Crippen molar-refractivity contribution in [1.29, 1.82) is 0 Å². The molecular formula is C15H21FO2. The van der Waals surface area contributed by atoms with Crippen LogP contribution in [0.15, 0.2) is 18.2 Å². The third-order valence-corrected chi connectivity index (χ3v) is 2.95. The number of hydrogen-bond donors (Lipinski definition) is 0. The highest BCUT2D eigenvalue weighted by molar-refractivity contribution is 5.85. The van der Waals surface area contributed by atoms with Crippen LogP contribution in [-0.2, 0) is 16.0 Å². The van der Waals surface area contributed by atoms with Crippen LogP contribution in [0.25, 0.3) is 0 Å². The lowest BCUT2D eigenvalue weighted by Crippen LogP contribution is -2.26. The zero-order valence-electron chi connectivity index (χ0n) is 11.3. The first-order chi connectivity index (χ1) is 8.58. The average Bonchev–Trinajstić information content (AvgIpc) is 2.32. The van der Waals surface area contributed by atoms with E-state index >= 15 is 0 Å². The van der Waals surface area contributed by atoms with E-state index in [1.807, 2.05) is 20.8 Å². The van der Waals surface area contributed by atoms with Crippen molar-refractivity contribution in [2.75, 3.05) is 6.61 Å². The number of ether oxygens (including phenoxy) is 1. The number of carbonyl (C=O) groups is 1. The van der Waals surface area contributed by atoms with Gasteiger partial charge in [0.05, 0.1) is 0 Å². The van der Waals surface area contributed by atoms with Crippen LogP contribution in [0.1, 0.15) is 37.8 Å². The Morgan fingerprint density at radius 1 is 1.39 bits per heavy atom. The lowest BCUT2D eigenvalue weighted by molar-refractivity contribution is -0.130. The molecule has 0 aliphatic heterocycles. The zero-order valence-corrected chi connectivity index (χ0v) is 11.3. The number of ketones is 1. The van der Waals surface area contributed by atoms with Crippen molar-refractivity contribution < 1.29 is 13.9 Å². The number of carbonyl (C=O) groups excluding carboxylic acids is 1. The van der Waals surface area contributed by atoms with Crippen LogP contribution in [0.5, 0.6) is 0 Å². The highest BCUT2D eigenvalue weighted by atomic mass is 19.1. The summed E-state index contributed by atoms with van der Waals surface area (Å²) < 4.78 is 18.4. The van der Waals surface area contributed by atoms with Gasteiger partial charge in [-0.2, -0.15) is 0 Å². The van der Waals surface area contributed by atoms with Gasteiger partial charge in [0.25, 0.3) is 0 Å². The highest BCUT2D eigenvalue weighted by Gasteiger charge is 2.18. The van der Waals surface area contributed by atoms with Crippen LogP contribution in [0.4, 0.5) is 4.39 Å². The van der Waals surface area contributed by atoms with E-state index in [9.17, 15) is 9.18 Å². The van der Waals surface area contributed by atoms with E-state index in [1.54, 1.807) is 6.07 Å². The summed E-state index contributed by atoms with van der Waals surface area (Å²) in [5, 5.41) is 0. The van der Waals surface area contributed by atoms with Crippen molar-refractivity contribution >= 4 is 5.78 Å². The molecule has 0 N–H and O–H groups in total. The smallest absolute Gasteiger partial charge is 0.165 e. The lowest BCUT2D eigenvalue weighted by atomic mass is 9.99. The standard InChI is InChI=1S/C15H21FO2/c1-4-6-15(18-5-2)14(17)10-12-7-8-13(16)9-11(12)3/h7-9,15H,4-6,10H2,1-3H3. The Labute approximate surface area is 108 Å². The SMILES string of the molecule is CCCC(OCC)C(=O)Cc1ccc(F)cc1C. The van der Waals surface area contributed by atoms with Gasteiger partial charge in [-0.25, -0.2) is 4.39 Å². The predicted octanol–water partition coefficient (Wildman–Crippen LogP) is 3.45. The first-order valence-corrected chi connectivity index (χ1v) is 6.47. The Morgan fingerprint density at radius 3 is 2.67 bits per heavy atom. The van der Waals surface area contributed by atoms with E-state index in [-0.39, 0.29) is 17.7 Å². The normalized spacial score (nSPS) is 12.4. The number of rotatable bonds is 7. The van der Waals surface area contributed by atoms with Crippen molar-refractivity contribution in [2.45, 2.75) is 46.1 Å². The van der Waals surface area contributed by atoms with Gasteiger partial charge in [0.15, 0.2) is 5.78 Å². The summed E-state index contributed by atoms with van der Waals surface area (Å²) in [6, 6.07) is 4.53. The number of Topliss-reactive ketones (excluding diaryl/α,β-unsaturated/α-hetero) is 1. The highest BCUT2D eigenvalue weighted by Crippen LogP contribution is 2.14. The van der Waals surface area contributed by atoms with E-state index in [1.165, 1.54) is 12.1 Å². The van der Waals surface area contributed by atoms with E-state index in [0.29, 0.717) is 13.0 Å². The minimum atomic E-state index is -0.329. The van der Waals surface area contributed by atoms with Crippen molar-refractivity contribution in [3.63, 3.8) is 0 Å². The van der Waals surface area contributed by atoms with Crippen LogP contribution in [0, 0.1) is 12.7 Å². The Bertz CT molecular complexity index is 395. The second-order valence-corrected chi connectivity index (χ2v) is 4.45. The molecule has 0 aromatic heterocycles. The minimum absolute atomic E-state index is 0.0772. The van der Waals surface area contributed by atoms with Gasteiger partial charge in [0, 0.05) is 13.0 Å². The second-order valence-electron chi connectivity index (χ2n) is 4.45. The predicted molar refractivity (Wildman–Crippen MR) is 70.2 cm³/mol. The van der Waals surface area contributed by atoms with Crippen LogP contribution in [0.2, 0.25) is 0 Å². The molecule has 0 saturated carbocycles. The Kier molecular flexibility index (Phi) is 5.99. The molecule has 0 radical (unpaired) electrons. The molecule has 0 spiro atoms. The summed E-state index contributed by atoms with van der Waals surface area (Å²) in [6.07, 6.45) is 1.65. The topological polar surface area (TPSA) is 26.3 Å². The number of hydrogen-bond acceptors (Lipinski definition) is 2. The molecule has 1 aromatic carbocycles. The van der Waals surface area contributed by atoms with Crippen molar-refractivity contribution in [3.05, 3.63) is 35.1 Å². The summed E-state index contributed by atoms with van der Waals surface area (Å²) in [6.45, 7) is 6.28. The molecule has 0 aliphatic rings. The van der Waals surface area contributed by atoms with Gasteiger partial charge >= 0.3 is 0 Å². The third-order valence-electron chi connectivity index (χ3n) is 2.95. The molecule has 3 heteroatoms. The Hall–Kier alpha value is -1.22.